The van der Waals surface area contributed by atoms with Crippen molar-refractivity contribution >= 4 is 21.7 Å². The summed E-state index contributed by atoms with van der Waals surface area (Å²) < 4.78 is 5.31. The van der Waals surface area contributed by atoms with E-state index in [4.69, 9.17) is 4.42 Å². The van der Waals surface area contributed by atoms with Crippen molar-refractivity contribution in [1.82, 2.24) is 0 Å². The van der Waals surface area contributed by atoms with Crippen LogP contribution >= 0.6 is 0 Å². The van der Waals surface area contributed by atoms with Crippen LogP contribution in [0.3, 0.4) is 0 Å². The second kappa shape index (κ2) is 3.60. The zero-order valence-corrected chi connectivity index (χ0v) is 10.2. The monoisotopic (exact) mass is 240 g/mol. The van der Waals surface area contributed by atoms with Gasteiger partial charge in [-0.3, -0.25) is 0 Å². The number of aryl methyl sites for hydroxylation is 2. The smallest absolute Gasteiger partial charge is 0.344 e. The Labute approximate surface area is 103 Å². The van der Waals surface area contributed by atoms with Crippen molar-refractivity contribution in [2.24, 2.45) is 0 Å². The van der Waals surface area contributed by atoms with E-state index in [2.05, 4.69) is 0 Å². The van der Waals surface area contributed by atoms with Gasteiger partial charge in [-0.25, -0.2) is 4.79 Å². The number of aromatic hydroxyl groups is 1. The molecule has 3 rings (SSSR count). The van der Waals surface area contributed by atoms with Crippen LogP contribution in [0.25, 0.3) is 21.7 Å². The van der Waals surface area contributed by atoms with Crippen LogP contribution in [0.4, 0.5) is 0 Å². The van der Waals surface area contributed by atoms with Gasteiger partial charge in [0.1, 0.15) is 11.3 Å². The van der Waals surface area contributed by atoms with E-state index in [1.165, 1.54) is 0 Å². The molecule has 0 aliphatic carbocycles. The van der Waals surface area contributed by atoms with Gasteiger partial charge in [0.2, 0.25) is 0 Å². The Morgan fingerprint density at radius 1 is 1.00 bits per heavy atom. The first-order chi connectivity index (χ1) is 8.58. The minimum Gasteiger partial charge on any atom is -0.508 e. The minimum absolute atomic E-state index is 0.137. The lowest BCUT2D eigenvalue weighted by Crippen LogP contribution is -2.00. The standard InChI is InChI=1S/C15H12O3/c1-8-3-4-11-12(7-8)10-5-6-13(16)9(2)14(10)18-15(11)17/h3-7,16H,1-2H3. The highest BCUT2D eigenvalue weighted by atomic mass is 16.4. The van der Waals surface area contributed by atoms with Gasteiger partial charge >= 0.3 is 5.63 Å². The topological polar surface area (TPSA) is 50.4 Å². The molecule has 0 saturated carbocycles. The first kappa shape index (κ1) is 10.8. The van der Waals surface area contributed by atoms with Crippen LogP contribution in [0.15, 0.2) is 39.5 Å². The van der Waals surface area contributed by atoms with Gasteiger partial charge in [0, 0.05) is 16.3 Å². The average Bonchev–Trinajstić information content (AvgIpc) is 2.34. The highest BCUT2D eigenvalue weighted by molar-refractivity contribution is 6.05. The summed E-state index contributed by atoms with van der Waals surface area (Å²) in [5, 5.41) is 12.0. The Morgan fingerprint density at radius 3 is 2.50 bits per heavy atom. The summed E-state index contributed by atoms with van der Waals surface area (Å²) in [5.74, 6) is 0.137. The van der Waals surface area contributed by atoms with Gasteiger partial charge in [0.15, 0.2) is 0 Å². The lowest BCUT2D eigenvalue weighted by atomic mass is 10.0. The largest absolute Gasteiger partial charge is 0.508 e. The molecular weight excluding hydrogens is 228 g/mol. The Bertz CT molecular complexity index is 828. The quantitative estimate of drug-likeness (QED) is 0.484. The SMILES string of the molecule is Cc1ccc2c(=O)oc3c(C)c(O)ccc3c2c1. The first-order valence-electron chi connectivity index (χ1n) is 5.73. The van der Waals surface area contributed by atoms with E-state index in [1.54, 1.807) is 25.1 Å². The zero-order valence-electron chi connectivity index (χ0n) is 10.2. The maximum Gasteiger partial charge on any atom is 0.344 e. The number of fused-ring (bicyclic) bond motifs is 3. The molecule has 1 N–H and O–H groups in total. The fourth-order valence-corrected chi connectivity index (χ4v) is 2.23. The molecule has 3 aromatic rings. The summed E-state index contributed by atoms with van der Waals surface area (Å²) >= 11 is 0. The molecule has 0 amide bonds. The van der Waals surface area contributed by atoms with Gasteiger partial charge in [0.05, 0.1) is 5.39 Å². The van der Waals surface area contributed by atoms with Gasteiger partial charge < -0.3 is 9.52 Å². The maximum absolute atomic E-state index is 11.9. The van der Waals surface area contributed by atoms with Crippen molar-refractivity contribution in [2.45, 2.75) is 13.8 Å². The number of hydrogen-bond donors (Lipinski definition) is 1. The minimum atomic E-state index is -0.369. The van der Waals surface area contributed by atoms with Gasteiger partial charge in [-0.2, -0.15) is 0 Å². The second-order valence-corrected chi connectivity index (χ2v) is 4.52. The van der Waals surface area contributed by atoms with Crippen molar-refractivity contribution in [3.05, 3.63) is 51.9 Å². The highest BCUT2D eigenvalue weighted by Crippen LogP contribution is 2.30. The van der Waals surface area contributed by atoms with Crippen LogP contribution in [0.2, 0.25) is 0 Å². The van der Waals surface area contributed by atoms with Crippen molar-refractivity contribution in [2.75, 3.05) is 0 Å². The van der Waals surface area contributed by atoms with Gasteiger partial charge in [-0.1, -0.05) is 17.7 Å². The predicted octanol–water partition coefficient (Wildman–Crippen LogP) is 3.27. The lowest BCUT2D eigenvalue weighted by Gasteiger charge is -2.06. The molecule has 90 valence electrons. The summed E-state index contributed by atoms with van der Waals surface area (Å²) in [6, 6.07) is 9.03. The average molecular weight is 240 g/mol. The van der Waals surface area contributed by atoms with E-state index < -0.39 is 0 Å². The third-order valence-electron chi connectivity index (χ3n) is 3.26. The number of benzene rings is 2. The van der Waals surface area contributed by atoms with Crippen molar-refractivity contribution < 1.29 is 9.52 Å². The molecule has 0 unspecified atom stereocenters. The molecule has 0 aliphatic rings. The third kappa shape index (κ3) is 1.40. The van der Waals surface area contributed by atoms with Crippen LogP contribution in [-0.4, -0.2) is 5.11 Å². The molecule has 1 heterocycles. The molecule has 0 saturated heterocycles. The molecule has 0 aliphatic heterocycles. The molecule has 0 radical (unpaired) electrons. The summed E-state index contributed by atoms with van der Waals surface area (Å²) in [6.07, 6.45) is 0. The van der Waals surface area contributed by atoms with Gasteiger partial charge in [-0.15, -0.1) is 0 Å². The molecule has 2 aromatic carbocycles. The Balaban J connectivity index is 2.65. The van der Waals surface area contributed by atoms with Crippen LogP contribution in [-0.2, 0) is 0 Å². The zero-order chi connectivity index (χ0) is 12.9. The fraction of sp³-hybridized carbons (Fsp3) is 0.133. The third-order valence-corrected chi connectivity index (χ3v) is 3.26. The molecule has 1 aromatic heterocycles. The van der Waals surface area contributed by atoms with Gasteiger partial charge in [0.25, 0.3) is 0 Å². The van der Waals surface area contributed by atoms with Crippen LogP contribution in [0, 0.1) is 13.8 Å². The molecular formula is C15H12O3. The second-order valence-electron chi connectivity index (χ2n) is 4.52. The van der Waals surface area contributed by atoms with E-state index in [9.17, 15) is 9.90 Å². The summed E-state index contributed by atoms with van der Waals surface area (Å²) in [4.78, 5) is 11.9. The number of rotatable bonds is 0. The van der Waals surface area contributed by atoms with Crippen LogP contribution in [0.5, 0.6) is 5.75 Å². The van der Waals surface area contributed by atoms with E-state index in [-0.39, 0.29) is 11.4 Å². The van der Waals surface area contributed by atoms with E-state index in [0.29, 0.717) is 16.5 Å². The molecule has 18 heavy (non-hydrogen) atoms. The van der Waals surface area contributed by atoms with E-state index in [1.807, 2.05) is 19.1 Å². The van der Waals surface area contributed by atoms with Crippen molar-refractivity contribution in [3.8, 4) is 5.75 Å². The predicted molar refractivity (Wildman–Crippen MR) is 71.1 cm³/mol. The number of phenols is 1. The molecule has 0 fully saturated rings. The van der Waals surface area contributed by atoms with E-state index in [0.717, 1.165) is 16.3 Å². The Kier molecular flexibility index (Phi) is 2.17. The normalized spacial score (nSPS) is 11.2. The maximum atomic E-state index is 11.9. The van der Waals surface area contributed by atoms with Crippen molar-refractivity contribution in [1.29, 1.82) is 0 Å². The Hall–Kier alpha value is -2.29. The molecule has 0 atom stereocenters. The van der Waals surface area contributed by atoms with Crippen LogP contribution in [0.1, 0.15) is 11.1 Å². The lowest BCUT2D eigenvalue weighted by molar-refractivity contribution is 0.468. The summed E-state index contributed by atoms with van der Waals surface area (Å²) in [6.45, 7) is 3.72. The first-order valence-corrected chi connectivity index (χ1v) is 5.73. The fourth-order valence-electron chi connectivity index (χ4n) is 2.23. The molecule has 0 spiro atoms. The molecule has 3 nitrogen and oxygen atoms in total. The number of hydrogen-bond acceptors (Lipinski definition) is 3. The molecule has 0 bridgehead atoms. The van der Waals surface area contributed by atoms with Gasteiger partial charge in [-0.05, 0) is 32.0 Å². The highest BCUT2D eigenvalue weighted by Gasteiger charge is 2.11. The van der Waals surface area contributed by atoms with Crippen LogP contribution < -0.4 is 5.63 Å². The van der Waals surface area contributed by atoms with Crippen molar-refractivity contribution in [3.63, 3.8) is 0 Å². The number of phenolic OH excluding ortho intramolecular Hbond substituents is 1. The summed E-state index contributed by atoms with van der Waals surface area (Å²) in [7, 11) is 0. The Morgan fingerprint density at radius 2 is 1.72 bits per heavy atom. The molecule has 3 heteroatoms. The van der Waals surface area contributed by atoms with E-state index >= 15 is 0 Å². The summed E-state index contributed by atoms with van der Waals surface area (Å²) in [5.41, 5.74) is 1.76.